The second-order valence-corrected chi connectivity index (χ2v) is 4.62. The third-order valence-corrected chi connectivity index (χ3v) is 3.27. The number of aliphatic hydroxyl groups excluding tert-OH is 1. The molecule has 0 aliphatic rings. The molecule has 1 N–H and O–H groups in total. The van der Waals surface area contributed by atoms with Gasteiger partial charge in [0, 0.05) is 12.2 Å². The molecule has 0 bridgehead atoms. The monoisotopic (exact) mass is 290 g/mol. The van der Waals surface area contributed by atoms with Crippen LogP contribution in [0.15, 0.2) is 48.5 Å². The van der Waals surface area contributed by atoms with Gasteiger partial charge < -0.3 is 14.6 Å². The van der Waals surface area contributed by atoms with E-state index in [9.17, 15) is 9.50 Å². The van der Waals surface area contributed by atoms with Crippen molar-refractivity contribution in [2.24, 2.45) is 0 Å². The molecule has 2 aromatic carbocycles. The van der Waals surface area contributed by atoms with Crippen molar-refractivity contribution in [3.8, 4) is 5.75 Å². The van der Waals surface area contributed by atoms with E-state index in [-0.39, 0.29) is 0 Å². The molecule has 2 aromatic rings. The standard InChI is InChI=1S/C17H19FO3/c1-3-21-17(12-7-5-4-6-8-12)16(19)14-11-13(18)9-10-15(14)20-2/h4-11,16-17,19H,3H2,1-2H3. The number of halogens is 1. The molecule has 2 unspecified atom stereocenters. The Hall–Kier alpha value is -1.91. The average Bonchev–Trinajstić information content (AvgIpc) is 2.52. The lowest BCUT2D eigenvalue weighted by Crippen LogP contribution is -2.15. The van der Waals surface area contributed by atoms with Crippen molar-refractivity contribution in [2.45, 2.75) is 19.1 Å². The van der Waals surface area contributed by atoms with Gasteiger partial charge in [-0.2, -0.15) is 0 Å². The maximum atomic E-state index is 13.5. The highest BCUT2D eigenvalue weighted by molar-refractivity contribution is 5.37. The lowest BCUT2D eigenvalue weighted by Gasteiger charge is -2.25. The van der Waals surface area contributed by atoms with Gasteiger partial charge in [-0.25, -0.2) is 4.39 Å². The normalized spacial score (nSPS) is 13.7. The fraction of sp³-hybridized carbons (Fsp3) is 0.294. The number of ether oxygens (including phenoxy) is 2. The molecule has 0 fully saturated rings. The minimum Gasteiger partial charge on any atom is -0.496 e. The van der Waals surface area contributed by atoms with Gasteiger partial charge in [-0.1, -0.05) is 30.3 Å². The first kappa shape index (κ1) is 15.5. The molecular formula is C17H19FO3. The van der Waals surface area contributed by atoms with E-state index in [0.29, 0.717) is 17.9 Å². The number of hydrogen-bond acceptors (Lipinski definition) is 3. The van der Waals surface area contributed by atoms with Crippen LogP contribution in [0, 0.1) is 5.82 Å². The summed E-state index contributed by atoms with van der Waals surface area (Å²) in [6, 6.07) is 13.5. The highest BCUT2D eigenvalue weighted by atomic mass is 19.1. The van der Waals surface area contributed by atoms with E-state index in [2.05, 4.69) is 0 Å². The van der Waals surface area contributed by atoms with Crippen LogP contribution in [-0.2, 0) is 4.74 Å². The highest BCUT2D eigenvalue weighted by Gasteiger charge is 2.26. The van der Waals surface area contributed by atoms with Crippen LogP contribution in [0.3, 0.4) is 0 Å². The summed E-state index contributed by atoms with van der Waals surface area (Å²) in [5, 5.41) is 10.6. The Balaban J connectivity index is 2.39. The lowest BCUT2D eigenvalue weighted by molar-refractivity contribution is -0.0370. The smallest absolute Gasteiger partial charge is 0.124 e. The summed E-state index contributed by atoms with van der Waals surface area (Å²) >= 11 is 0. The second kappa shape index (κ2) is 7.20. The Morgan fingerprint density at radius 1 is 1.14 bits per heavy atom. The molecule has 0 spiro atoms. The van der Waals surface area contributed by atoms with Crippen LogP contribution in [0.5, 0.6) is 5.75 Å². The molecule has 21 heavy (non-hydrogen) atoms. The fourth-order valence-corrected chi connectivity index (χ4v) is 2.29. The van der Waals surface area contributed by atoms with E-state index in [1.807, 2.05) is 37.3 Å². The van der Waals surface area contributed by atoms with E-state index in [4.69, 9.17) is 9.47 Å². The van der Waals surface area contributed by atoms with Crippen molar-refractivity contribution in [1.29, 1.82) is 0 Å². The first-order chi connectivity index (χ1) is 10.2. The van der Waals surface area contributed by atoms with Crippen LogP contribution in [0.25, 0.3) is 0 Å². The minimum atomic E-state index is -1.02. The van der Waals surface area contributed by atoms with Crippen LogP contribution in [0.1, 0.15) is 30.3 Å². The first-order valence-corrected chi connectivity index (χ1v) is 6.85. The summed E-state index contributed by atoms with van der Waals surface area (Å²) < 4.78 is 24.3. The van der Waals surface area contributed by atoms with Gasteiger partial charge in [-0.15, -0.1) is 0 Å². The van der Waals surface area contributed by atoms with Crippen molar-refractivity contribution in [3.05, 3.63) is 65.5 Å². The third-order valence-electron chi connectivity index (χ3n) is 3.27. The minimum absolute atomic E-state index is 0.375. The van der Waals surface area contributed by atoms with Gasteiger partial charge in [-0.3, -0.25) is 0 Å². The Morgan fingerprint density at radius 2 is 1.86 bits per heavy atom. The van der Waals surface area contributed by atoms with Crippen molar-refractivity contribution in [2.75, 3.05) is 13.7 Å². The molecule has 0 aliphatic carbocycles. The van der Waals surface area contributed by atoms with Gasteiger partial charge in [0.05, 0.1) is 7.11 Å². The van der Waals surface area contributed by atoms with Crippen LogP contribution in [0.4, 0.5) is 4.39 Å². The second-order valence-electron chi connectivity index (χ2n) is 4.62. The zero-order chi connectivity index (χ0) is 15.2. The van der Waals surface area contributed by atoms with Gasteiger partial charge >= 0.3 is 0 Å². The molecule has 3 nitrogen and oxygen atoms in total. The number of aliphatic hydroxyl groups is 1. The largest absolute Gasteiger partial charge is 0.496 e. The van der Waals surface area contributed by atoms with E-state index >= 15 is 0 Å². The van der Waals surface area contributed by atoms with E-state index in [0.717, 1.165) is 5.56 Å². The van der Waals surface area contributed by atoms with E-state index in [1.54, 1.807) is 0 Å². The summed E-state index contributed by atoms with van der Waals surface area (Å²) in [4.78, 5) is 0. The maximum absolute atomic E-state index is 13.5. The van der Waals surface area contributed by atoms with Crippen molar-refractivity contribution in [3.63, 3.8) is 0 Å². The molecule has 0 saturated carbocycles. The average molecular weight is 290 g/mol. The Morgan fingerprint density at radius 3 is 2.48 bits per heavy atom. The number of hydrogen-bond donors (Lipinski definition) is 1. The number of benzene rings is 2. The summed E-state index contributed by atoms with van der Waals surface area (Å²) in [6.45, 7) is 2.29. The molecule has 0 saturated heterocycles. The zero-order valence-corrected chi connectivity index (χ0v) is 12.1. The number of rotatable bonds is 6. The quantitative estimate of drug-likeness (QED) is 0.882. The van der Waals surface area contributed by atoms with Crippen molar-refractivity contribution in [1.82, 2.24) is 0 Å². The maximum Gasteiger partial charge on any atom is 0.124 e. The molecule has 0 aromatic heterocycles. The summed E-state index contributed by atoms with van der Waals surface area (Å²) in [5.41, 5.74) is 1.21. The van der Waals surface area contributed by atoms with Crippen LogP contribution >= 0.6 is 0 Å². The van der Waals surface area contributed by atoms with Crippen LogP contribution < -0.4 is 4.74 Å². The van der Waals surface area contributed by atoms with Gasteiger partial charge in [-0.05, 0) is 30.7 Å². The number of methoxy groups -OCH3 is 1. The Bertz CT molecular complexity index is 572. The van der Waals surface area contributed by atoms with Crippen molar-refractivity contribution >= 4 is 0 Å². The molecular weight excluding hydrogens is 271 g/mol. The topological polar surface area (TPSA) is 38.7 Å². The molecule has 0 heterocycles. The molecule has 2 rings (SSSR count). The molecule has 0 radical (unpaired) electrons. The first-order valence-electron chi connectivity index (χ1n) is 6.85. The molecule has 2 atom stereocenters. The lowest BCUT2D eigenvalue weighted by atomic mass is 9.97. The molecule has 0 amide bonds. The Labute approximate surface area is 124 Å². The van der Waals surface area contributed by atoms with Crippen LogP contribution in [-0.4, -0.2) is 18.8 Å². The van der Waals surface area contributed by atoms with Gasteiger partial charge in [0.15, 0.2) is 0 Å². The third kappa shape index (κ3) is 3.60. The highest BCUT2D eigenvalue weighted by Crippen LogP contribution is 2.36. The van der Waals surface area contributed by atoms with Crippen molar-refractivity contribution < 1.29 is 19.0 Å². The predicted molar refractivity (Wildman–Crippen MR) is 78.7 cm³/mol. The van der Waals surface area contributed by atoms with Gasteiger partial charge in [0.1, 0.15) is 23.8 Å². The van der Waals surface area contributed by atoms with Gasteiger partial charge in [0.2, 0.25) is 0 Å². The molecule has 4 heteroatoms. The summed E-state index contributed by atoms with van der Waals surface area (Å²) in [5.74, 6) is 0.0118. The molecule has 0 aliphatic heterocycles. The summed E-state index contributed by atoms with van der Waals surface area (Å²) in [7, 11) is 1.49. The summed E-state index contributed by atoms with van der Waals surface area (Å²) in [6.07, 6.45) is -1.59. The molecule has 112 valence electrons. The predicted octanol–water partition coefficient (Wildman–Crippen LogP) is 3.65. The van der Waals surface area contributed by atoms with Gasteiger partial charge in [0.25, 0.3) is 0 Å². The zero-order valence-electron chi connectivity index (χ0n) is 12.1. The fourth-order valence-electron chi connectivity index (χ4n) is 2.29. The van der Waals surface area contributed by atoms with E-state index < -0.39 is 18.0 Å². The Kier molecular flexibility index (Phi) is 5.31. The SMILES string of the molecule is CCOC(c1ccccc1)C(O)c1cc(F)ccc1OC. The van der Waals surface area contributed by atoms with E-state index in [1.165, 1.54) is 25.3 Å². The van der Waals surface area contributed by atoms with Crippen LogP contribution in [0.2, 0.25) is 0 Å².